The predicted octanol–water partition coefficient (Wildman–Crippen LogP) is 2.89. The van der Waals surface area contributed by atoms with Gasteiger partial charge >= 0.3 is 0 Å². The van der Waals surface area contributed by atoms with E-state index in [0.717, 1.165) is 6.54 Å². The molecule has 1 aromatic heterocycles. The average molecular weight is 270 g/mol. The fourth-order valence-corrected chi connectivity index (χ4v) is 1.98. The molecule has 0 bridgehead atoms. The van der Waals surface area contributed by atoms with Crippen LogP contribution in [0.15, 0.2) is 12.3 Å². The number of carbonyl (C=O) groups excluding carboxylic acids is 1. The molecule has 4 nitrogen and oxygen atoms in total. The summed E-state index contributed by atoms with van der Waals surface area (Å²) in [6.07, 6.45) is 1.56. The summed E-state index contributed by atoms with van der Waals surface area (Å²) in [5, 5.41) is 3.33. The van der Waals surface area contributed by atoms with Gasteiger partial charge in [-0.1, -0.05) is 25.4 Å². The lowest BCUT2D eigenvalue weighted by molar-refractivity contribution is 0.0745. The standard InChI is InChI=1S/C13H20ClN3O/c1-5-17(8-9(2)3)13(18)10-6-11(14)12(15-4)16-7-10/h6-7,9H,5,8H2,1-4H3,(H,15,16). The van der Waals surface area contributed by atoms with Crippen molar-refractivity contribution in [3.63, 3.8) is 0 Å². The molecule has 0 aliphatic rings. The van der Waals surface area contributed by atoms with Gasteiger partial charge in [-0.25, -0.2) is 4.98 Å². The minimum absolute atomic E-state index is 0.0248. The molecule has 5 heteroatoms. The maximum atomic E-state index is 12.3. The number of anilines is 1. The van der Waals surface area contributed by atoms with Crippen molar-refractivity contribution < 1.29 is 4.79 Å². The lowest BCUT2D eigenvalue weighted by Crippen LogP contribution is -2.34. The molecule has 0 atom stereocenters. The zero-order valence-corrected chi connectivity index (χ0v) is 12.1. The second-order valence-corrected chi connectivity index (χ2v) is 4.95. The molecule has 0 saturated carbocycles. The highest BCUT2D eigenvalue weighted by Gasteiger charge is 2.16. The molecule has 0 radical (unpaired) electrons. The van der Waals surface area contributed by atoms with Crippen molar-refractivity contribution in [2.24, 2.45) is 5.92 Å². The Morgan fingerprint density at radius 1 is 1.56 bits per heavy atom. The fraction of sp³-hybridized carbons (Fsp3) is 0.538. The van der Waals surface area contributed by atoms with Crippen LogP contribution in [0.5, 0.6) is 0 Å². The Kier molecular flexibility index (Phi) is 5.41. The van der Waals surface area contributed by atoms with E-state index >= 15 is 0 Å². The van der Waals surface area contributed by atoms with Gasteiger partial charge in [0.25, 0.3) is 5.91 Å². The van der Waals surface area contributed by atoms with Crippen LogP contribution in [0, 0.1) is 5.92 Å². The lowest BCUT2D eigenvalue weighted by Gasteiger charge is -2.23. The van der Waals surface area contributed by atoms with Crippen molar-refractivity contribution >= 4 is 23.3 Å². The zero-order valence-electron chi connectivity index (χ0n) is 11.3. The van der Waals surface area contributed by atoms with E-state index in [0.29, 0.717) is 28.9 Å². The summed E-state index contributed by atoms with van der Waals surface area (Å²) < 4.78 is 0. The molecule has 0 aromatic carbocycles. The van der Waals surface area contributed by atoms with Crippen molar-refractivity contribution in [2.75, 3.05) is 25.5 Å². The van der Waals surface area contributed by atoms with E-state index in [1.54, 1.807) is 24.2 Å². The summed E-state index contributed by atoms with van der Waals surface area (Å²) in [6, 6.07) is 1.66. The molecule has 1 amide bonds. The number of nitrogens with one attached hydrogen (secondary N) is 1. The molecule has 0 saturated heterocycles. The monoisotopic (exact) mass is 269 g/mol. The number of carbonyl (C=O) groups is 1. The normalized spacial score (nSPS) is 10.6. The van der Waals surface area contributed by atoms with Crippen molar-refractivity contribution in [1.29, 1.82) is 0 Å². The number of amides is 1. The van der Waals surface area contributed by atoms with E-state index in [1.807, 2.05) is 6.92 Å². The quantitative estimate of drug-likeness (QED) is 0.894. The second-order valence-electron chi connectivity index (χ2n) is 4.54. The third-order valence-corrected chi connectivity index (χ3v) is 2.87. The first-order valence-electron chi connectivity index (χ1n) is 6.12. The van der Waals surface area contributed by atoms with E-state index < -0.39 is 0 Å². The number of pyridine rings is 1. The van der Waals surface area contributed by atoms with Crippen molar-refractivity contribution in [2.45, 2.75) is 20.8 Å². The number of hydrogen-bond donors (Lipinski definition) is 1. The van der Waals surface area contributed by atoms with Crippen LogP contribution in [0.3, 0.4) is 0 Å². The van der Waals surface area contributed by atoms with Gasteiger partial charge in [0.05, 0.1) is 10.6 Å². The summed E-state index contributed by atoms with van der Waals surface area (Å²) in [7, 11) is 1.74. The Labute approximate surface area is 113 Å². The molecule has 0 aliphatic heterocycles. The third kappa shape index (κ3) is 3.60. The number of rotatable bonds is 5. The molecular formula is C13H20ClN3O. The molecule has 1 rings (SSSR count). The highest BCUT2D eigenvalue weighted by Crippen LogP contribution is 2.20. The topological polar surface area (TPSA) is 45.2 Å². The number of aromatic nitrogens is 1. The van der Waals surface area contributed by atoms with Gasteiger partial charge in [0.15, 0.2) is 0 Å². The van der Waals surface area contributed by atoms with Crippen LogP contribution in [-0.4, -0.2) is 35.9 Å². The SMILES string of the molecule is CCN(CC(C)C)C(=O)c1cnc(NC)c(Cl)c1. The highest BCUT2D eigenvalue weighted by molar-refractivity contribution is 6.33. The molecular weight excluding hydrogens is 250 g/mol. The number of nitrogens with zero attached hydrogens (tertiary/aromatic N) is 2. The first kappa shape index (κ1) is 14.8. The van der Waals surface area contributed by atoms with Crippen LogP contribution in [0.2, 0.25) is 5.02 Å². The van der Waals surface area contributed by atoms with Gasteiger partial charge in [0.2, 0.25) is 0 Å². The van der Waals surface area contributed by atoms with Crippen LogP contribution >= 0.6 is 11.6 Å². The first-order valence-corrected chi connectivity index (χ1v) is 6.50. The van der Waals surface area contributed by atoms with Crippen molar-refractivity contribution in [3.8, 4) is 0 Å². The summed E-state index contributed by atoms with van der Waals surface area (Å²) in [6.45, 7) is 7.57. The van der Waals surface area contributed by atoms with E-state index in [1.165, 1.54) is 0 Å². The van der Waals surface area contributed by atoms with E-state index in [-0.39, 0.29) is 5.91 Å². The molecule has 0 unspecified atom stereocenters. The van der Waals surface area contributed by atoms with Crippen LogP contribution in [-0.2, 0) is 0 Å². The third-order valence-electron chi connectivity index (χ3n) is 2.58. The van der Waals surface area contributed by atoms with E-state index in [2.05, 4.69) is 24.1 Å². The Balaban J connectivity index is 2.91. The van der Waals surface area contributed by atoms with Gasteiger partial charge in [-0.3, -0.25) is 4.79 Å². The van der Waals surface area contributed by atoms with E-state index in [9.17, 15) is 4.79 Å². The average Bonchev–Trinajstić information content (AvgIpc) is 2.34. The lowest BCUT2D eigenvalue weighted by atomic mass is 10.2. The molecule has 1 N–H and O–H groups in total. The maximum absolute atomic E-state index is 12.3. The Morgan fingerprint density at radius 2 is 2.22 bits per heavy atom. The smallest absolute Gasteiger partial charge is 0.255 e. The number of halogens is 1. The fourth-order valence-electron chi connectivity index (χ4n) is 1.72. The number of hydrogen-bond acceptors (Lipinski definition) is 3. The van der Waals surface area contributed by atoms with Crippen LogP contribution in [0.1, 0.15) is 31.1 Å². The van der Waals surface area contributed by atoms with Crippen LogP contribution in [0.4, 0.5) is 5.82 Å². The minimum atomic E-state index is -0.0248. The van der Waals surface area contributed by atoms with Gasteiger partial charge in [-0.2, -0.15) is 0 Å². The molecule has 1 heterocycles. The van der Waals surface area contributed by atoms with Crippen LogP contribution in [0.25, 0.3) is 0 Å². The second kappa shape index (κ2) is 6.59. The summed E-state index contributed by atoms with van der Waals surface area (Å²) in [5.41, 5.74) is 0.529. The molecule has 100 valence electrons. The van der Waals surface area contributed by atoms with Gasteiger partial charge < -0.3 is 10.2 Å². The summed E-state index contributed by atoms with van der Waals surface area (Å²) in [4.78, 5) is 18.2. The van der Waals surface area contributed by atoms with E-state index in [4.69, 9.17) is 11.6 Å². The zero-order chi connectivity index (χ0) is 13.7. The minimum Gasteiger partial charge on any atom is -0.372 e. The van der Waals surface area contributed by atoms with Gasteiger partial charge in [0, 0.05) is 26.3 Å². The van der Waals surface area contributed by atoms with Crippen molar-refractivity contribution in [1.82, 2.24) is 9.88 Å². The van der Waals surface area contributed by atoms with Gasteiger partial charge in [0.1, 0.15) is 5.82 Å². The molecule has 18 heavy (non-hydrogen) atoms. The molecule has 1 aromatic rings. The van der Waals surface area contributed by atoms with Gasteiger partial charge in [-0.05, 0) is 18.9 Å². The highest BCUT2D eigenvalue weighted by atomic mass is 35.5. The Bertz CT molecular complexity index is 421. The maximum Gasteiger partial charge on any atom is 0.255 e. The summed E-state index contributed by atoms with van der Waals surface area (Å²) >= 11 is 6.03. The van der Waals surface area contributed by atoms with Crippen LogP contribution < -0.4 is 5.32 Å². The molecule has 0 fully saturated rings. The largest absolute Gasteiger partial charge is 0.372 e. The first-order chi connectivity index (χ1) is 8.49. The Morgan fingerprint density at radius 3 is 2.67 bits per heavy atom. The summed E-state index contributed by atoms with van der Waals surface area (Å²) in [5.74, 6) is 0.997. The molecule has 0 spiro atoms. The van der Waals surface area contributed by atoms with Gasteiger partial charge in [-0.15, -0.1) is 0 Å². The Hall–Kier alpha value is -1.29. The molecule has 0 aliphatic carbocycles. The predicted molar refractivity (Wildman–Crippen MR) is 75.2 cm³/mol. The van der Waals surface area contributed by atoms with Crippen molar-refractivity contribution in [3.05, 3.63) is 22.8 Å².